The molecule has 1 aromatic carbocycles. The molecular weight excluding hydrogens is 251 g/mol. The largest absolute Gasteiger partial charge is 0.352 e. The van der Waals surface area contributed by atoms with E-state index in [1.807, 2.05) is 0 Å². The Balaban J connectivity index is 1.94. The predicted molar refractivity (Wildman–Crippen MR) is 67.3 cm³/mol. The molecule has 5 nitrogen and oxygen atoms in total. The summed E-state index contributed by atoms with van der Waals surface area (Å²) in [6.07, 6.45) is 4.59. The normalized spacial score (nSPS) is 14.8. The molecule has 19 heavy (non-hydrogen) atoms. The molecule has 0 aromatic heterocycles. The van der Waals surface area contributed by atoms with E-state index in [4.69, 9.17) is 0 Å². The van der Waals surface area contributed by atoms with Crippen LogP contribution in [-0.2, 0) is 0 Å². The molecule has 1 aliphatic rings. The van der Waals surface area contributed by atoms with E-state index in [0.29, 0.717) is 12.5 Å². The van der Waals surface area contributed by atoms with Crippen LogP contribution in [0.1, 0.15) is 36.0 Å². The number of nitrogens with one attached hydrogen (secondary N) is 1. The second-order valence-corrected chi connectivity index (χ2v) is 4.76. The topological polar surface area (TPSA) is 72.2 Å². The van der Waals surface area contributed by atoms with Gasteiger partial charge in [-0.1, -0.05) is 19.3 Å². The third kappa shape index (κ3) is 3.27. The Morgan fingerprint density at radius 1 is 1.47 bits per heavy atom. The fourth-order valence-electron chi connectivity index (χ4n) is 2.07. The van der Waals surface area contributed by atoms with Gasteiger partial charge in [-0.2, -0.15) is 4.39 Å². The van der Waals surface area contributed by atoms with Crippen molar-refractivity contribution < 1.29 is 14.1 Å². The number of nitro groups is 1. The molecule has 2 rings (SSSR count). The summed E-state index contributed by atoms with van der Waals surface area (Å²) in [4.78, 5) is 21.5. The average molecular weight is 266 g/mol. The lowest BCUT2D eigenvalue weighted by atomic mass is 9.83. The summed E-state index contributed by atoms with van der Waals surface area (Å²) in [5.41, 5.74) is -0.562. The quantitative estimate of drug-likeness (QED) is 0.657. The van der Waals surface area contributed by atoms with Gasteiger partial charge in [0.1, 0.15) is 0 Å². The molecule has 0 aliphatic heterocycles. The summed E-state index contributed by atoms with van der Waals surface area (Å²) in [5, 5.41) is 13.3. The zero-order valence-corrected chi connectivity index (χ0v) is 10.4. The van der Waals surface area contributed by atoms with E-state index in [2.05, 4.69) is 5.32 Å². The van der Waals surface area contributed by atoms with Crippen molar-refractivity contribution in [1.29, 1.82) is 0 Å². The Morgan fingerprint density at radius 2 is 2.21 bits per heavy atom. The van der Waals surface area contributed by atoms with Gasteiger partial charge in [0.2, 0.25) is 5.82 Å². The smallest absolute Gasteiger partial charge is 0.305 e. The zero-order valence-electron chi connectivity index (χ0n) is 10.4. The molecule has 0 atom stereocenters. The molecule has 0 saturated heterocycles. The maximum absolute atomic E-state index is 13.1. The van der Waals surface area contributed by atoms with E-state index in [9.17, 15) is 19.3 Å². The van der Waals surface area contributed by atoms with Crippen LogP contribution in [0.3, 0.4) is 0 Å². The maximum atomic E-state index is 13.1. The second-order valence-electron chi connectivity index (χ2n) is 4.76. The van der Waals surface area contributed by atoms with Gasteiger partial charge in [-0.25, -0.2) is 0 Å². The summed E-state index contributed by atoms with van der Waals surface area (Å²) in [6, 6.07) is 3.16. The van der Waals surface area contributed by atoms with Crippen molar-refractivity contribution in [3.05, 3.63) is 39.7 Å². The minimum atomic E-state index is -0.934. The first-order valence-corrected chi connectivity index (χ1v) is 6.30. The molecule has 1 N–H and O–H groups in total. The number of hydrogen-bond acceptors (Lipinski definition) is 3. The molecule has 0 spiro atoms. The first kappa shape index (κ1) is 13.5. The minimum Gasteiger partial charge on any atom is -0.352 e. The number of nitrogens with zero attached hydrogens (tertiary/aromatic N) is 1. The number of nitro benzene ring substituents is 1. The Hall–Kier alpha value is -1.98. The van der Waals surface area contributed by atoms with E-state index in [1.165, 1.54) is 25.3 Å². The van der Waals surface area contributed by atoms with E-state index in [-0.39, 0.29) is 5.56 Å². The lowest BCUT2D eigenvalue weighted by Crippen LogP contribution is -2.27. The molecule has 1 amide bonds. The highest BCUT2D eigenvalue weighted by molar-refractivity contribution is 5.94. The van der Waals surface area contributed by atoms with Crippen molar-refractivity contribution in [3.8, 4) is 0 Å². The third-order valence-corrected chi connectivity index (χ3v) is 3.47. The zero-order chi connectivity index (χ0) is 13.8. The van der Waals surface area contributed by atoms with E-state index in [0.717, 1.165) is 18.6 Å². The second kappa shape index (κ2) is 5.77. The van der Waals surface area contributed by atoms with Crippen molar-refractivity contribution in [2.24, 2.45) is 5.92 Å². The van der Waals surface area contributed by atoms with Crippen LogP contribution in [0.5, 0.6) is 0 Å². The van der Waals surface area contributed by atoms with Crippen molar-refractivity contribution in [2.45, 2.75) is 25.7 Å². The standard InChI is InChI=1S/C13H15FN2O3/c14-11-5-4-10(8-12(11)16(18)19)13(17)15-7-6-9-2-1-3-9/h4-5,8-9H,1-3,6-7H2,(H,15,17). The molecule has 6 heteroatoms. The van der Waals surface area contributed by atoms with Gasteiger partial charge < -0.3 is 5.32 Å². The Morgan fingerprint density at radius 3 is 2.79 bits per heavy atom. The van der Waals surface area contributed by atoms with Gasteiger partial charge in [-0.3, -0.25) is 14.9 Å². The highest BCUT2D eigenvalue weighted by Crippen LogP contribution is 2.28. The van der Waals surface area contributed by atoms with Crippen molar-refractivity contribution in [2.75, 3.05) is 6.54 Å². The molecule has 0 heterocycles. The van der Waals surface area contributed by atoms with Crippen LogP contribution < -0.4 is 5.32 Å². The van der Waals surface area contributed by atoms with Gasteiger partial charge in [0.05, 0.1) is 4.92 Å². The SMILES string of the molecule is O=C(NCCC1CCC1)c1ccc(F)c([N+](=O)[O-])c1. The predicted octanol–water partition coefficient (Wildman–Crippen LogP) is 2.65. The van der Waals surface area contributed by atoms with E-state index >= 15 is 0 Å². The van der Waals surface area contributed by atoms with Crippen molar-refractivity contribution in [1.82, 2.24) is 5.32 Å². The van der Waals surface area contributed by atoms with Gasteiger partial charge >= 0.3 is 5.69 Å². The van der Waals surface area contributed by atoms with Crippen LogP contribution in [0.15, 0.2) is 18.2 Å². The summed E-state index contributed by atoms with van der Waals surface area (Å²) in [5.74, 6) is -0.652. The molecule has 1 saturated carbocycles. The molecule has 102 valence electrons. The summed E-state index contributed by atoms with van der Waals surface area (Å²) in [7, 11) is 0. The fraction of sp³-hybridized carbons (Fsp3) is 0.462. The Labute approximate surface area is 110 Å². The summed E-state index contributed by atoms with van der Waals surface area (Å²) >= 11 is 0. The molecule has 0 unspecified atom stereocenters. The first-order valence-electron chi connectivity index (χ1n) is 6.30. The molecular formula is C13H15FN2O3. The van der Waals surface area contributed by atoms with Gasteiger partial charge in [0, 0.05) is 18.2 Å². The number of halogens is 1. The van der Waals surface area contributed by atoms with Crippen LogP contribution >= 0.6 is 0 Å². The Kier molecular flexibility index (Phi) is 4.09. The van der Waals surface area contributed by atoms with Crippen LogP contribution in [0.25, 0.3) is 0 Å². The first-order chi connectivity index (χ1) is 9.08. The Bertz CT molecular complexity index is 501. The maximum Gasteiger partial charge on any atom is 0.305 e. The van der Waals surface area contributed by atoms with Crippen LogP contribution in [0, 0.1) is 21.8 Å². The van der Waals surface area contributed by atoms with Crippen LogP contribution in [-0.4, -0.2) is 17.4 Å². The molecule has 1 aliphatic carbocycles. The van der Waals surface area contributed by atoms with E-state index in [1.54, 1.807) is 0 Å². The fourth-order valence-corrected chi connectivity index (χ4v) is 2.07. The number of benzene rings is 1. The third-order valence-electron chi connectivity index (χ3n) is 3.47. The monoisotopic (exact) mass is 266 g/mol. The number of hydrogen-bond donors (Lipinski definition) is 1. The van der Waals surface area contributed by atoms with Gasteiger partial charge in [0.15, 0.2) is 0 Å². The van der Waals surface area contributed by atoms with Gasteiger partial charge in [-0.05, 0) is 24.5 Å². The highest BCUT2D eigenvalue weighted by Gasteiger charge is 2.19. The average Bonchev–Trinajstić information content (AvgIpc) is 2.32. The van der Waals surface area contributed by atoms with Crippen LogP contribution in [0.2, 0.25) is 0 Å². The molecule has 0 bridgehead atoms. The minimum absolute atomic E-state index is 0.113. The molecule has 0 radical (unpaired) electrons. The number of amides is 1. The number of carbonyl (C=O) groups is 1. The molecule has 1 aromatic rings. The lowest BCUT2D eigenvalue weighted by Gasteiger charge is -2.25. The van der Waals surface area contributed by atoms with Crippen LogP contribution in [0.4, 0.5) is 10.1 Å². The lowest BCUT2D eigenvalue weighted by molar-refractivity contribution is -0.387. The van der Waals surface area contributed by atoms with E-state index < -0.39 is 22.3 Å². The number of carbonyl (C=O) groups excluding carboxylic acids is 1. The highest BCUT2D eigenvalue weighted by atomic mass is 19.1. The van der Waals surface area contributed by atoms with Gasteiger partial charge in [-0.15, -0.1) is 0 Å². The summed E-state index contributed by atoms with van der Waals surface area (Å²) < 4.78 is 13.1. The molecule has 1 fully saturated rings. The van der Waals surface area contributed by atoms with Crippen molar-refractivity contribution in [3.63, 3.8) is 0 Å². The number of rotatable bonds is 5. The summed E-state index contributed by atoms with van der Waals surface area (Å²) in [6.45, 7) is 0.550. The van der Waals surface area contributed by atoms with Gasteiger partial charge in [0.25, 0.3) is 5.91 Å². The van der Waals surface area contributed by atoms with Crippen molar-refractivity contribution >= 4 is 11.6 Å².